The van der Waals surface area contributed by atoms with Gasteiger partial charge < -0.3 is 9.84 Å². The minimum Gasteiger partial charge on any atom is -0.480 e. The highest BCUT2D eigenvalue weighted by Crippen LogP contribution is 2.28. The zero-order chi connectivity index (χ0) is 25.1. The lowest BCUT2D eigenvalue weighted by Gasteiger charge is -2.17. The van der Waals surface area contributed by atoms with E-state index in [0.29, 0.717) is 34.7 Å². The van der Waals surface area contributed by atoms with Gasteiger partial charge in [0, 0.05) is 18.1 Å². The maximum Gasteiger partial charge on any atom is 0.334 e. The summed E-state index contributed by atoms with van der Waals surface area (Å²) in [5.41, 5.74) is 0.422. The van der Waals surface area contributed by atoms with Crippen molar-refractivity contribution >= 4 is 40.2 Å². The number of benzene rings is 1. The van der Waals surface area contributed by atoms with Gasteiger partial charge in [-0.2, -0.15) is 0 Å². The molecule has 2 unspecified atom stereocenters. The molecule has 0 radical (unpaired) electrons. The standard InChI is InChI=1S/C23H24ClN5O5S/c1-3-28-21(32)27-20(29(23(28)33)12-14-4-6-15(24)7-5-14)26-16-8-9-17(13(2)10-16)34-22-25-11-18(35-22)19(30)31/h4,6-10,14,18H,3,5,11-12H2,1-2H3,(H,30,31)(H,26,27,32). The lowest BCUT2D eigenvalue weighted by Crippen LogP contribution is -2.50. The van der Waals surface area contributed by atoms with Gasteiger partial charge in [0.05, 0.1) is 12.2 Å². The number of hydrogen-bond acceptors (Lipinski definition) is 7. The highest BCUT2D eigenvalue weighted by Gasteiger charge is 2.27. The molecule has 2 N–H and O–H groups in total. The van der Waals surface area contributed by atoms with Crippen molar-refractivity contribution in [3.63, 3.8) is 0 Å². The van der Waals surface area contributed by atoms with Crippen LogP contribution in [0.15, 0.2) is 61.0 Å². The molecular weight excluding hydrogens is 494 g/mol. The number of allylic oxidation sites excluding steroid dienone is 4. The van der Waals surface area contributed by atoms with Crippen LogP contribution in [0.3, 0.4) is 0 Å². The van der Waals surface area contributed by atoms with E-state index in [0.717, 1.165) is 21.9 Å². The number of aliphatic imine (C=N–C) groups is 1. The molecule has 2 aliphatic rings. The number of rotatable bonds is 6. The van der Waals surface area contributed by atoms with Crippen molar-refractivity contribution in [1.29, 1.82) is 0 Å². The number of aromatic amines is 1. The van der Waals surface area contributed by atoms with E-state index in [9.17, 15) is 14.4 Å². The number of H-pyrrole nitrogens is 1. The summed E-state index contributed by atoms with van der Waals surface area (Å²) >= 11 is 7.08. The molecule has 0 amide bonds. The van der Waals surface area contributed by atoms with Crippen LogP contribution in [0.2, 0.25) is 0 Å². The number of carboxylic acids is 1. The smallest absolute Gasteiger partial charge is 0.334 e. The van der Waals surface area contributed by atoms with Crippen LogP contribution >= 0.6 is 23.4 Å². The van der Waals surface area contributed by atoms with Crippen molar-refractivity contribution in [2.75, 3.05) is 6.54 Å². The number of nitrogens with one attached hydrogen (secondary N) is 1. The highest BCUT2D eigenvalue weighted by molar-refractivity contribution is 8.15. The number of carboxylic acid groups (broad SMARTS) is 1. The first kappa shape index (κ1) is 24.8. The minimum atomic E-state index is -0.932. The van der Waals surface area contributed by atoms with E-state index in [-0.39, 0.29) is 24.6 Å². The molecule has 0 spiro atoms. The van der Waals surface area contributed by atoms with Gasteiger partial charge in [-0.25, -0.2) is 24.1 Å². The van der Waals surface area contributed by atoms with Crippen molar-refractivity contribution in [3.8, 4) is 5.75 Å². The number of thioether (sulfide) groups is 1. The molecular formula is C23H24ClN5O5S. The van der Waals surface area contributed by atoms with E-state index in [2.05, 4.69) is 15.0 Å². The fourth-order valence-corrected chi connectivity index (χ4v) is 4.61. The molecule has 1 aliphatic heterocycles. The average molecular weight is 518 g/mol. The van der Waals surface area contributed by atoms with Gasteiger partial charge in [-0.3, -0.25) is 14.3 Å². The van der Waals surface area contributed by atoms with Gasteiger partial charge in [0.25, 0.3) is 5.23 Å². The largest absolute Gasteiger partial charge is 0.480 e. The topological polar surface area (TPSA) is 131 Å². The molecule has 2 heterocycles. The van der Waals surface area contributed by atoms with Gasteiger partial charge in [-0.1, -0.05) is 35.5 Å². The zero-order valence-electron chi connectivity index (χ0n) is 19.1. The summed E-state index contributed by atoms with van der Waals surface area (Å²) < 4.78 is 8.35. The minimum absolute atomic E-state index is 0.0252. The van der Waals surface area contributed by atoms with Gasteiger partial charge in [-0.05, 0) is 56.0 Å². The third-order valence-electron chi connectivity index (χ3n) is 5.55. The molecule has 2 aromatic rings. The Labute approximate surface area is 209 Å². The first-order chi connectivity index (χ1) is 16.7. The second-order valence-corrected chi connectivity index (χ2v) is 9.64. The Balaban J connectivity index is 1.65. The van der Waals surface area contributed by atoms with E-state index in [1.807, 2.05) is 19.1 Å². The molecule has 1 aromatic heterocycles. The molecule has 0 fully saturated rings. The van der Waals surface area contributed by atoms with Crippen LogP contribution in [0.25, 0.3) is 0 Å². The second kappa shape index (κ2) is 10.5. The van der Waals surface area contributed by atoms with Gasteiger partial charge in [0.2, 0.25) is 5.62 Å². The Bertz CT molecular complexity index is 1430. The average Bonchev–Trinajstić information content (AvgIpc) is 3.29. The Kier molecular flexibility index (Phi) is 7.46. The van der Waals surface area contributed by atoms with Crippen LogP contribution in [0.1, 0.15) is 18.9 Å². The van der Waals surface area contributed by atoms with E-state index in [1.54, 1.807) is 31.2 Å². The summed E-state index contributed by atoms with van der Waals surface area (Å²) in [5.74, 6) is -0.393. The van der Waals surface area contributed by atoms with Crippen molar-refractivity contribution in [1.82, 2.24) is 14.1 Å². The molecule has 1 aliphatic carbocycles. The fourth-order valence-electron chi connectivity index (χ4n) is 3.67. The molecule has 4 rings (SSSR count). The Morgan fingerprint density at radius 1 is 1.37 bits per heavy atom. The monoisotopic (exact) mass is 517 g/mol. The third-order valence-corrected chi connectivity index (χ3v) is 6.88. The molecule has 0 bridgehead atoms. The SMILES string of the molecule is CCn1c(=O)[nH]/c(=N\c2ccc(OC3=NCC(C(=O)O)S3)c(C)c2)n(CC2C=CC(Cl)=CC2)c1=O. The summed E-state index contributed by atoms with van der Waals surface area (Å²) in [5, 5.41) is 9.41. The van der Waals surface area contributed by atoms with Crippen LogP contribution in [0.5, 0.6) is 5.75 Å². The van der Waals surface area contributed by atoms with Crippen molar-refractivity contribution < 1.29 is 14.6 Å². The van der Waals surface area contributed by atoms with Crippen molar-refractivity contribution in [2.45, 2.75) is 38.6 Å². The van der Waals surface area contributed by atoms with E-state index >= 15 is 0 Å². The molecule has 10 nitrogen and oxygen atoms in total. The van der Waals surface area contributed by atoms with Crippen molar-refractivity contribution in [2.24, 2.45) is 15.9 Å². The fraction of sp³-hybridized carbons (Fsp3) is 0.348. The third kappa shape index (κ3) is 5.68. The molecule has 12 heteroatoms. The first-order valence-electron chi connectivity index (χ1n) is 11.0. The van der Waals surface area contributed by atoms with Crippen LogP contribution in [-0.4, -0.2) is 42.2 Å². The quantitative estimate of drug-likeness (QED) is 0.605. The summed E-state index contributed by atoms with van der Waals surface area (Å²) in [7, 11) is 0. The van der Waals surface area contributed by atoms with E-state index in [4.69, 9.17) is 21.4 Å². The molecule has 1 aromatic carbocycles. The lowest BCUT2D eigenvalue weighted by molar-refractivity contribution is -0.136. The van der Waals surface area contributed by atoms with Crippen molar-refractivity contribution in [3.05, 3.63) is 73.6 Å². The number of ether oxygens (including phenoxy) is 1. The molecule has 184 valence electrons. The molecule has 0 saturated heterocycles. The number of aromatic nitrogens is 3. The first-order valence-corrected chi connectivity index (χ1v) is 12.3. The maximum absolute atomic E-state index is 13.1. The zero-order valence-corrected chi connectivity index (χ0v) is 20.7. The van der Waals surface area contributed by atoms with Gasteiger partial charge in [0.1, 0.15) is 11.0 Å². The number of nitrogens with zero attached hydrogens (tertiary/aromatic N) is 4. The number of halogens is 1. The Morgan fingerprint density at radius 2 is 2.17 bits per heavy atom. The number of carbonyl (C=O) groups is 1. The van der Waals surface area contributed by atoms with E-state index in [1.165, 1.54) is 4.57 Å². The Hall–Kier alpha value is -3.31. The van der Waals surface area contributed by atoms with Gasteiger partial charge in [-0.15, -0.1) is 0 Å². The number of aliphatic carboxylic acids is 1. The molecule has 2 atom stereocenters. The Morgan fingerprint density at radius 3 is 2.80 bits per heavy atom. The van der Waals surface area contributed by atoms with Gasteiger partial charge in [0.15, 0.2) is 0 Å². The summed E-state index contributed by atoms with van der Waals surface area (Å²) in [4.78, 5) is 48.0. The molecule has 0 saturated carbocycles. The summed E-state index contributed by atoms with van der Waals surface area (Å²) in [6, 6.07) is 5.13. The van der Waals surface area contributed by atoms with E-state index < -0.39 is 22.6 Å². The summed E-state index contributed by atoms with van der Waals surface area (Å²) in [6.45, 7) is 4.27. The van der Waals surface area contributed by atoms with Crippen LogP contribution in [0, 0.1) is 12.8 Å². The number of hydrogen-bond donors (Lipinski definition) is 2. The lowest BCUT2D eigenvalue weighted by atomic mass is 10.0. The highest BCUT2D eigenvalue weighted by atomic mass is 35.5. The predicted molar refractivity (Wildman–Crippen MR) is 135 cm³/mol. The number of aryl methyl sites for hydroxylation is 1. The molecule has 35 heavy (non-hydrogen) atoms. The van der Waals surface area contributed by atoms with Gasteiger partial charge >= 0.3 is 17.3 Å². The van der Waals surface area contributed by atoms with Crippen LogP contribution in [-0.2, 0) is 17.9 Å². The van der Waals surface area contributed by atoms with Crippen LogP contribution < -0.4 is 21.7 Å². The maximum atomic E-state index is 13.1. The predicted octanol–water partition coefficient (Wildman–Crippen LogP) is 2.53. The van der Waals surface area contributed by atoms with Crippen LogP contribution in [0.4, 0.5) is 5.69 Å². The second-order valence-electron chi connectivity index (χ2n) is 8.05. The normalized spacial score (nSPS) is 20.0. The summed E-state index contributed by atoms with van der Waals surface area (Å²) in [6.07, 6.45) is 6.29.